The van der Waals surface area contributed by atoms with Gasteiger partial charge < -0.3 is 10.1 Å². The highest BCUT2D eigenvalue weighted by Crippen LogP contribution is 2.21. The zero-order chi connectivity index (χ0) is 14.9. The Kier molecular flexibility index (Phi) is 6.64. The minimum Gasteiger partial charge on any atom is -0.497 e. The fraction of sp³-hybridized carbons (Fsp3) is 0.333. The lowest BCUT2D eigenvalue weighted by atomic mass is 10.2. The standard InChI is InChI=1S/C18H23NOS/c1-3-19-14-16-5-4-6-18(13-16)21-12-11-15-7-9-17(20-2)10-8-15/h4-10,13,19H,3,11-12,14H2,1-2H3. The van der Waals surface area contributed by atoms with E-state index in [4.69, 9.17) is 4.74 Å². The number of methoxy groups -OCH3 is 1. The van der Waals surface area contributed by atoms with Gasteiger partial charge in [-0.1, -0.05) is 31.2 Å². The maximum Gasteiger partial charge on any atom is 0.118 e. The Morgan fingerprint density at radius 3 is 2.57 bits per heavy atom. The first kappa shape index (κ1) is 15.9. The van der Waals surface area contributed by atoms with Crippen molar-refractivity contribution in [3.63, 3.8) is 0 Å². The van der Waals surface area contributed by atoms with Crippen molar-refractivity contribution < 1.29 is 4.74 Å². The second kappa shape index (κ2) is 8.75. The molecule has 0 heterocycles. The summed E-state index contributed by atoms with van der Waals surface area (Å²) in [5.74, 6) is 2.01. The van der Waals surface area contributed by atoms with Crippen LogP contribution in [0.5, 0.6) is 5.75 Å². The van der Waals surface area contributed by atoms with Gasteiger partial charge in [-0.15, -0.1) is 11.8 Å². The Labute approximate surface area is 131 Å². The molecule has 0 saturated heterocycles. The topological polar surface area (TPSA) is 21.3 Å². The van der Waals surface area contributed by atoms with Gasteiger partial charge in [0.15, 0.2) is 0 Å². The molecule has 0 atom stereocenters. The van der Waals surface area contributed by atoms with E-state index >= 15 is 0 Å². The summed E-state index contributed by atoms with van der Waals surface area (Å²) in [6.07, 6.45) is 1.08. The summed E-state index contributed by atoms with van der Waals surface area (Å²) in [6, 6.07) is 17.1. The molecule has 0 saturated carbocycles. The van der Waals surface area contributed by atoms with E-state index in [1.54, 1.807) is 7.11 Å². The van der Waals surface area contributed by atoms with Gasteiger partial charge in [0.25, 0.3) is 0 Å². The molecule has 112 valence electrons. The average molecular weight is 301 g/mol. The molecule has 0 aromatic heterocycles. The van der Waals surface area contributed by atoms with Crippen LogP contribution in [0.2, 0.25) is 0 Å². The summed E-state index contributed by atoms with van der Waals surface area (Å²) in [5.41, 5.74) is 2.71. The molecule has 0 aliphatic rings. The van der Waals surface area contributed by atoms with Crippen LogP contribution in [0.4, 0.5) is 0 Å². The number of hydrogen-bond donors (Lipinski definition) is 1. The third-order valence-electron chi connectivity index (χ3n) is 3.30. The van der Waals surface area contributed by atoms with Crippen LogP contribution in [-0.2, 0) is 13.0 Å². The molecule has 2 aromatic rings. The Hall–Kier alpha value is -1.45. The van der Waals surface area contributed by atoms with Crippen LogP contribution < -0.4 is 10.1 Å². The Morgan fingerprint density at radius 2 is 1.86 bits per heavy atom. The normalized spacial score (nSPS) is 10.6. The molecular weight excluding hydrogens is 278 g/mol. The van der Waals surface area contributed by atoms with Gasteiger partial charge in [-0.3, -0.25) is 0 Å². The summed E-state index contributed by atoms with van der Waals surface area (Å²) >= 11 is 1.91. The van der Waals surface area contributed by atoms with Crippen LogP contribution in [0.15, 0.2) is 53.4 Å². The zero-order valence-corrected chi connectivity index (χ0v) is 13.6. The molecule has 3 heteroatoms. The van der Waals surface area contributed by atoms with Crippen molar-refractivity contribution in [1.82, 2.24) is 5.32 Å². The van der Waals surface area contributed by atoms with Crippen molar-refractivity contribution in [2.75, 3.05) is 19.4 Å². The van der Waals surface area contributed by atoms with Crippen molar-refractivity contribution in [1.29, 1.82) is 0 Å². The SMILES string of the molecule is CCNCc1cccc(SCCc2ccc(OC)cc2)c1. The van der Waals surface area contributed by atoms with Crippen LogP contribution in [-0.4, -0.2) is 19.4 Å². The van der Waals surface area contributed by atoms with Crippen molar-refractivity contribution >= 4 is 11.8 Å². The second-order valence-corrected chi connectivity index (χ2v) is 6.04. The zero-order valence-electron chi connectivity index (χ0n) is 12.8. The molecule has 0 fully saturated rings. The summed E-state index contributed by atoms with van der Waals surface area (Å²) in [7, 11) is 1.70. The Bertz CT molecular complexity index is 539. The maximum absolute atomic E-state index is 5.18. The van der Waals surface area contributed by atoms with E-state index in [-0.39, 0.29) is 0 Å². The minimum atomic E-state index is 0.919. The smallest absolute Gasteiger partial charge is 0.118 e. The van der Waals surface area contributed by atoms with Crippen LogP contribution >= 0.6 is 11.8 Å². The number of nitrogens with one attached hydrogen (secondary N) is 1. The molecule has 0 radical (unpaired) electrons. The molecule has 0 aliphatic heterocycles. The largest absolute Gasteiger partial charge is 0.497 e. The molecule has 2 nitrogen and oxygen atoms in total. The Morgan fingerprint density at radius 1 is 1.05 bits per heavy atom. The lowest BCUT2D eigenvalue weighted by molar-refractivity contribution is 0.414. The summed E-state index contributed by atoms with van der Waals surface area (Å²) in [5, 5.41) is 3.36. The highest BCUT2D eigenvalue weighted by atomic mass is 32.2. The van der Waals surface area contributed by atoms with Gasteiger partial charge in [0.2, 0.25) is 0 Å². The number of thioether (sulfide) groups is 1. The van der Waals surface area contributed by atoms with Gasteiger partial charge in [-0.2, -0.15) is 0 Å². The van der Waals surface area contributed by atoms with Crippen LogP contribution in [0.25, 0.3) is 0 Å². The van der Waals surface area contributed by atoms with Gasteiger partial charge in [0, 0.05) is 17.2 Å². The second-order valence-electron chi connectivity index (χ2n) is 4.87. The predicted octanol–water partition coefficient (Wildman–Crippen LogP) is 4.14. The first-order valence-electron chi connectivity index (χ1n) is 7.37. The third kappa shape index (κ3) is 5.44. The van der Waals surface area contributed by atoms with Crippen LogP contribution in [0, 0.1) is 0 Å². The highest BCUT2D eigenvalue weighted by Gasteiger charge is 1.99. The molecule has 0 bridgehead atoms. The van der Waals surface area contributed by atoms with Crippen LogP contribution in [0.1, 0.15) is 18.1 Å². The number of hydrogen-bond acceptors (Lipinski definition) is 3. The Balaban J connectivity index is 1.82. The fourth-order valence-electron chi connectivity index (χ4n) is 2.09. The third-order valence-corrected chi connectivity index (χ3v) is 4.29. The predicted molar refractivity (Wildman–Crippen MR) is 91.2 cm³/mol. The van der Waals surface area contributed by atoms with E-state index in [0.717, 1.165) is 31.0 Å². The minimum absolute atomic E-state index is 0.919. The van der Waals surface area contributed by atoms with E-state index < -0.39 is 0 Å². The first-order chi connectivity index (χ1) is 10.3. The first-order valence-corrected chi connectivity index (χ1v) is 8.35. The summed E-state index contributed by atoms with van der Waals surface area (Å²) in [6.45, 7) is 4.09. The van der Waals surface area contributed by atoms with E-state index in [9.17, 15) is 0 Å². The fourth-order valence-corrected chi connectivity index (χ4v) is 3.08. The number of benzene rings is 2. The summed E-state index contributed by atoms with van der Waals surface area (Å²) < 4.78 is 5.18. The van der Waals surface area contributed by atoms with Gasteiger partial charge in [0.05, 0.1) is 7.11 Å². The lowest BCUT2D eigenvalue weighted by Gasteiger charge is -2.06. The average Bonchev–Trinajstić information content (AvgIpc) is 2.54. The van der Waals surface area contributed by atoms with E-state index in [1.165, 1.54) is 16.0 Å². The molecule has 0 unspecified atom stereocenters. The van der Waals surface area contributed by atoms with E-state index in [2.05, 4.69) is 48.6 Å². The van der Waals surface area contributed by atoms with Crippen molar-refractivity contribution in [2.45, 2.75) is 24.8 Å². The van der Waals surface area contributed by atoms with Gasteiger partial charge in [-0.05, 0) is 48.4 Å². The van der Waals surface area contributed by atoms with E-state index in [1.807, 2.05) is 23.9 Å². The lowest BCUT2D eigenvalue weighted by Crippen LogP contribution is -2.11. The van der Waals surface area contributed by atoms with Crippen molar-refractivity contribution in [3.05, 3.63) is 59.7 Å². The number of aryl methyl sites for hydroxylation is 1. The quantitative estimate of drug-likeness (QED) is 0.740. The molecule has 0 aliphatic carbocycles. The highest BCUT2D eigenvalue weighted by molar-refractivity contribution is 7.99. The molecule has 2 rings (SSSR count). The van der Waals surface area contributed by atoms with E-state index in [0.29, 0.717) is 0 Å². The molecule has 0 amide bonds. The molecule has 21 heavy (non-hydrogen) atoms. The summed E-state index contributed by atoms with van der Waals surface area (Å²) in [4.78, 5) is 1.35. The molecule has 1 N–H and O–H groups in total. The van der Waals surface area contributed by atoms with Gasteiger partial charge >= 0.3 is 0 Å². The monoisotopic (exact) mass is 301 g/mol. The molecule has 0 spiro atoms. The van der Waals surface area contributed by atoms with Crippen molar-refractivity contribution in [2.24, 2.45) is 0 Å². The van der Waals surface area contributed by atoms with Gasteiger partial charge in [0.1, 0.15) is 5.75 Å². The number of ether oxygens (including phenoxy) is 1. The maximum atomic E-state index is 5.18. The molecule has 2 aromatic carbocycles. The van der Waals surface area contributed by atoms with Crippen LogP contribution in [0.3, 0.4) is 0 Å². The van der Waals surface area contributed by atoms with Gasteiger partial charge in [-0.25, -0.2) is 0 Å². The number of rotatable bonds is 8. The van der Waals surface area contributed by atoms with Crippen molar-refractivity contribution in [3.8, 4) is 5.75 Å². The molecular formula is C18H23NOS.